The minimum Gasteiger partial charge on any atom is -0.497 e. The zero-order valence-corrected chi connectivity index (χ0v) is 15.8. The van der Waals surface area contributed by atoms with Crippen molar-refractivity contribution in [2.45, 2.75) is 45.6 Å². The number of nitrogens with zero attached hydrogens (tertiary/aromatic N) is 1. The minimum atomic E-state index is 0. The van der Waals surface area contributed by atoms with Gasteiger partial charge in [-0.05, 0) is 63.3 Å². The van der Waals surface area contributed by atoms with Gasteiger partial charge < -0.3 is 15.4 Å². The molecule has 1 aromatic rings. The first-order valence-corrected chi connectivity index (χ1v) is 8.74. The number of halogens is 1. The van der Waals surface area contributed by atoms with Crippen molar-refractivity contribution < 1.29 is 9.53 Å². The third-order valence-corrected chi connectivity index (χ3v) is 5.13. The maximum atomic E-state index is 12.9. The Morgan fingerprint density at radius 3 is 2.54 bits per heavy atom. The van der Waals surface area contributed by atoms with E-state index in [0.717, 1.165) is 38.0 Å². The van der Waals surface area contributed by atoms with E-state index in [9.17, 15) is 4.79 Å². The predicted octanol–water partition coefficient (Wildman–Crippen LogP) is 3.27. The molecule has 1 fully saturated rings. The second-order valence-corrected chi connectivity index (χ2v) is 6.56. The van der Waals surface area contributed by atoms with Gasteiger partial charge in [0.25, 0.3) is 0 Å². The van der Waals surface area contributed by atoms with Gasteiger partial charge in [0.05, 0.1) is 7.11 Å². The van der Waals surface area contributed by atoms with Crippen LogP contribution in [0.2, 0.25) is 0 Å². The highest BCUT2D eigenvalue weighted by atomic mass is 35.5. The highest BCUT2D eigenvalue weighted by molar-refractivity contribution is 5.85. The SMILES string of the molecule is CCN(C(=O)[C@@H]1CCC[C@@H]1CN)C(C)Cc1ccc(OC)cc1.Cl. The molecule has 1 aliphatic rings. The van der Waals surface area contributed by atoms with E-state index in [1.165, 1.54) is 5.56 Å². The molecule has 0 saturated heterocycles. The lowest BCUT2D eigenvalue weighted by Gasteiger charge is -2.32. The molecule has 1 aromatic carbocycles. The second-order valence-electron chi connectivity index (χ2n) is 6.56. The van der Waals surface area contributed by atoms with E-state index in [-0.39, 0.29) is 24.4 Å². The van der Waals surface area contributed by atoms with Crippen LogP contribution < -0.4 is 10.5 Å². The van der Waals surface area contributed by atoms with Crippen LogP contribution in [-0.4, -0.2) is 37.0 Å². The molecule has 0 spiro atoms. The molecule has 4 nitrogen and oxygen atoms in total. The number of likely N-dealkylation sites (N-methyl/N-ethyl adjacent to an activating group) is 1. The van der Waals surface area contributed by atoms with Gasteiger partial charge in [0.1, 0.15) is 5.75 Å². The maximum Gasteiger partial charge on any atom is 0.226 e. The normalized spacial score (nSPS) is 21.0. The zero-order valence-electron chi connectivity index (χ0n) is 15.0. The molecule has 2 rings (SSSR count). The highest BCUT2D eigenvalue weighted by Crippen LogP contribution is 2.33. The molecule has 24 heavy (non-hydrogen) atoms. The Morgan fingerprint density at radius 1 is 1.33 bits per heavy atom. The minimum absolute atomic E-state index is 0. The van der Waals surface area contributed by atoms with Crippen molar-refractivity contribution in [1.29, 1.82) is 0 Å². The Bertz CT molecular complexity index is 507. The molecular weight excluding hydrogens is 324 g/mol. The second kappa shape index (κ2) is 9.90. The van der Waals surface area contributed by atoms with Crippen LogP contribution in [0.15, 0.2) is 24.3 Å². The summed E-state index contributed by atoms with van der Waals surface area (Å²) in [6.45, 7) is 5.58. The van der Waals surface area contributed by atoms with Crippen LogP contribution in [0.3, 0.4) is 0 Å². The Balaban J connectivity index is 0.00000288. The van der Waals surface area contributed by atoms with E-state index < -0.39 is 0 Å². The van der Waals surface area contributed by atoms with Crippen LogP contribution in [0.1, 0.15) is 38.7 Å². The molecule has 136 valence electrons. The van der Waals surface area contributed by atoms with Crippen molar-refractivity contribution in [1.82, 2.24) is 4.90 Å². The van der Waals surface area contributed by atoms with Gasteiger partial charge >= 0.3 is 0 Å². The predicted molar refractivity (Wildman–Crippen MR) is 101 cm³/mol. The molecule has 0 radical (unpaired) electrons. The van der Waals surface area contributed by atoms with Crippen molar-refractivity contribution in [3.05, 3.63) is 29.8 Å². The molecule has 0 aliphatic heterocycles. The lowest BCUT2D eigenvalue weighted by Crippen LogP contribution is -2.44. The van der Waals surface area contributed by atoms with Crippen LogP contribution >= 0.6 is 12.4 Å². The quantitative estimate of drug-likeness (QED) is 0.817. The Hall–Kier alpha value is -1.26. The van der Waals surface area contributed by atoms with E-state index in [1.807, 2.05) is 17.0 Å². The van der Waals surface area contributed by atoms with E-state index in [4.69, 9.17) is 10.5 Å². The summed E-state index contributed by atoms with van der Waals surface area (Å²) >= 11 is 0. The van der Waals surface area contributed by atoms with Gasteiger partial charge in [-0.15, -0.1) is 12.4 Å². The Kier molecular flexibility index (Phi) is 8.57. The molecule has 5 heteroatoms. The summed E-state index contributed by atoms with van der Waals surface area (Å²) in [4.78, 5) is 15.0. The highest BCUT2D eigenvalue weighted by Gasteiger charge is 2.35. The van der Waals surface area contributed by atoms with Gasteiger partial charge in [0.15, 0.2) is 0 Å². The van der Waals surface area contributed by atoms with E-state index >= 15 is 0 Å². The molecule has 0 heterocycles. The Labute approximate surface area is 152 Å². The largest absolute Gasteiger partial charge is 0.497 e. The number of carbonyl (C=O) groups is 1. The van der Waals surface area contributed by atoms with Gasteiger partial charge in [0.2, 0.25) is 5.91 Å². The summed E-state index contributed by atoms with van der Waals surface area (Å²) in [6, 6.07) is 8.29. The monoisotopic (exact) mass is 354 g/mol. The third kappa shape index (κ3) is 4.87. The summed E-state index contributed by atoms with van der Waals surface area (Å²) < 4.78 is 5.20. The summed E-state index contributed by atoms with van der Waals surface area (Å²) in [6.07, 6.45) is 4.08. The van der Waals surface area contributed by atoms with E-state index in [2.05, 4.69) is 26.0 Å². The van der Waals surface area contributed by atoms with Crippen LogP contribution in [0.25, 0.3) is 0 Å². The first kappa shape index (κ1) is 20.8. The summed E-state index contributed by atoms with van der Waals surface area (Å²) in [5, 5.41) is 0. The van der Waals surface area contributed by atoms with Crippen LogP contribution in [0, 0.1) is 11.8 Å². The molecule has 1 amide bonds. The van der Waals surface area contributed by atoms with Crippen LogP contribution in [0.4, 0.5) is 0 Å². The smallest absolute Gasteiger partial charge is 0.226 e. The summed E-state index contributed by atoms with van der Waals surface area (Å²) in [5.74, 6) is 1.64. The van der Waals surface area contributed by atoms with Crippen molar-refractivity contribution in [3.8, 4) is 5.75 Å². The zero-order chi connectivity index (χ0) is 16.8. The number of methoxy groups -OCH3 is 1. The number of benzene rings is 1. The number of rotatable bonds is 7. The first-order valence-electron chi connectivity index (χ1n) is 8.74. The van der Waals surface area contributed by atoms with Gasteiger partial charge in [-0.25, -0.2) is 0 Å². The lowest BCUT2D eigenvalue weighted by atomic mass is 9.93. The maximum absolute atomic E-state index is 12.9. The number of hydrogen-bond acceptors (Lipinski definition) is 3. The fourth-order valence-corrected chi connectivity index (χ4v) is 3.75. The van der Waals surface area contributed by atoms with Crippen molar-refractivity contribution in [2.24, 2.45) is 17.6 Å². The van der Waals surface area contributed by atoms with Gasteiger partial charge in [-0.2, -0.15) is 0 Å². The first-order chi connectivity index (χ1) is 11.1. The molecule has 1 aliphatic carbocycles. The van der Waals surface area contributed by atoms with Crippen molar-refractivity contribution in [3.63, 3.8) is 0 Å². The fraction of sp³-hybridized carbons (Fsp3) is 0.632. The number of carbonyl (C=O) groups excluding carboxylic acids is 1. The fourth-order valence-electron chi connectivity index (χ4n) is 3.75. The topological polar surface area (TPSA) is 55.6 Å². The average molecular weight is 355 g/mol. The molecule has 0 aromatic heterocycles. The molecule has 1 saturated carbocycles. The lowest BCUT2D eigenvalue weighted by molar-refractivity contribution is -0.138. The Morgan fingerprint density at radius 2 is 2.00 bits per heavy atom. The van der Waals surface area contributed by atoms with Gasteiger partial charge in [-0.1, -0.05) is 18.6 Å². The average Bonchev–Trinajstić information content (AvgIpc) is 3.04. The van der Waals surface area contributed by atoms with Crippen molar-refractivity contribution >= 4 is 18.3 Å². The van der Waals surface area contributed by atoms with Gasteiger partial charge in [0, 0.05) is 18.5 Å². The molecule has 1 unspecified atom stereocenters. The molecule has 0 bridgehead atoms. The number of amides is 1. The third-order valence-electron chi connectivity index (χ3n) is 5.13. The summed E-state index contributed by atoms with van der Waals surface area (Å²) in [7, 11) is 1.67. The summed E-state index contributed by atoms with van der Waals surface area (Å²) in [5.41, 5.74) is 7.08. The molecule has 3 atom stereocenters. The number of hydrogen-bond donors (Lipinski definition) is 1. The van der Waals surface area contributed by atoms with Crippen LogP contribution in [0.5, 0.6) is 5.75 Å². The molecular formula is C19H31ClN2O2. The van der Waals surface area contributed by atoms with E-state index in [1.54, 1.807) is 7.11 Å². The molecule has 2 N–H and O–H groups in total. The number of nitrogens with two attached hydrogens (primary N) is 1. The number of ether oxygens (including phenoxy) is 1. The van der Waals surface area contributed by atoms with Crippen molar-refractivity contribution in [2.75, 3.05) is 20.2 Å². The van der Waals surface area contributed by atoms with Gasteiger partial charge in [-0.3, -0.25) is 4.79 Å². The standard InChI is InChI=1S/C19H30N2O2.ClH/c1-4-21(19(22)18-7-5-6-16(18)13-20)14(2)12-15-8-10-17(23-3)11-9-15;/h8-11,14,16,18H,4-7,12-13,20H2,1-3H3;1H/t14?,16-,18-;/m1./s1. The van der Waals surface area contributed by atoms with Crippen LogP contribution in [-0.2, 0) is 11.2 Å². The van der Waals surface area contributed by atoms with E-state index in [0.29, 0.717) is 18.4 Å².